The van der Waals surface area contributed by atoms with Crippen LogP contribution in [0.3, 0.4) is 0 Å². The number of halogens is 1. The predicted molar refractivity (Wildman–Crippen MR) is 117 cm³/mol. The van der Waals surface area contributed by atoms with Crippen molar-refractivity contribution in [3.05, 3.63) is 83.6 Å². The van der Waals surface area contributed by atoms with Gasteiger partial charge < -0.3 is 15.0 Å². The van der Waals surface area contributed by atoms with Crippen molar-refractivity contribution in [1.29, 1.82) is 0 Å². The van der Waals surface area contributed by atoms with Gasteiger partial charge in [0.05, 0.1) is 18.2 Å². The summed E-state index contributed by atoms with van der Waals surface area (Å²) in [6.07, 6.45) is 4.84. The van der Waals surface area contributed by atoms with Gasteiger partial charge in [-0.3, -0.25) is 14.6 Å². The molecule has 0 bridgehead atoms. The van der Waals surface area contributed by atoms with Crippen LogP contribution in [-0.2, 0) is 0 Å². The van der Waals surface area contributed by atoms with Gasteiger partial charge in [0, 0.05) is 48.8 Å². The third kappa shape index (κ3) is 4.91. The second kappa shape index (κ2) is 9.55. The molecular formula is C24H23FN4O3. The summed E-state index contributed by atoms with van der Waals surface area (Å²) in [5.74, 6) is -0.195. The Morgan fingerprint density at radius 2 is 1.78 bits per heavy atom. The second-order valence-corrected chi connectivity index (χ2v) is 7.61. The molecule has 8 heteroatoms. The molecule has 164 valence electrons. The molecule has 7 nitrogen and oxygen atoms in total. The predicted octanol–water partition coefficient (Wildman–Crippen LogP) is 3.90. The first kappa shape index (κ1) is 21.4. The van der Waals surface area contributed by atoms with Crippen molar-refractivity contribution < 1.29 is 18.7 Å². The minimum Gasteiger partial charge on any atom is -0.481 e. The maximum Gasteiger partial charge on any atom is 0.257 e. The number of piperidine rings is 1. The molecule has 1 aliphatic heterocycles. The Labute approximate surface area is 185 Å². The quantitative estimate of drug-likeness (QED) is 0.659. The van der Waals surface area contributed by atoms with Gasteiger partial charge in [-0.05, 0) is 55.3 Å². The maximum absolute atomic E-state index is 13.0. The van der Waals surface area contributed by atoms with E-state index < -0.39 is 0 Å². The van der Waals surface area contributed by atoms with Crippen molar-refractivity contribution in [2.24, 2.45) is 0 Å². The summed E-state index contributed by atoms with van der Waals surface area (Å²) in [6.45, 7) is 1.23. The van der Waals surface area contributed by atoms with Crippen LogP contribution in [0.4, 0.5) is 10.1 Å². The zero-order valence-corrected chi connectivity index (χ0v) is 17.6. The number of anilines is 1. The number of methoxy groups -OCH3 is 1. The molecule has 0 unspecified atom stereocenters. The fraction of sp³-hybridized carbons (Fsp3) is 0.250. The van der Waals surface area contributed by atoms with E-state index in [0.717, 1.165) is 18.5 Å². The topological polar surface area (TPSA) is 84.4 Å². The third-order valence-electron chi connectivity index (χ3n) is 5.47. The summed E-state index contributed by atoms with van der Waals surface area (Å²) in [5, 5.41) is 2.72. The van der Waals surface area contributed by atoms with Crippen molar-refractivity contribution in [1.82, 2.24) is 14.9 Å². The molecule has 1 fully saturated rings. The lowest BCUT2D eigenvalue weighted by atomic mass is 9.93. The molecule has 0 radical (unpaired) electrons. The zero-order chi connectivity index (χ0) is 22.5. The summed E-state index contributed by atoms with van der Waals surface area (Å²) in [6, 6.07) is 12.5. The smallest absolute Gasteiger partial charge is 0.257 e. The van der Waals surface area contributed by atoms with Crippen molar-refractivity contribution in [2.45, 2.75) is 18.8 Å². The van der Waals surface area contributed by atoms with Crippen LogP contribution in [0.5, 0.6) is 5.88 Å². The summed E-state index contributed by atoms with van der Waals surface area (Å²) in [7, 11) is 1.53. The van der Waals surface area contributed by atoms with Gasteiger partial charge in [-0.2, -0.15) is 0 Å². The number of hydrogen-bond acceptors (Lipinski definition) is 5. The summed E-state index contributed by atoms with van der Waals surface area (Å²) in [4.78, 5) is 35.7. The first-order valence-electron chi connectivity index (χ1n) is 10.4. The largest absolute Gasteiger partial charge is 0.481 e. The van der Waals surface area contributed by atoms with E-state index in [-0.39, 0.29) is 23.5 Å². The van der Waals surface area contributed by atoms with Crippen molar-refractivity contribution in [2.75, 3.05) is 25.5 Å². The van der Waals surface area contributed by atoms with E-state index in [1.807, 2.05) is 11.0 Å². The summed E-state index contributed by atoms with van der Waals surface area (Å²) in [5.41, 5.74) is 2.28. The molecule has 3 heterocycles. The summed E-state index contributed by atoms with van der Waals surface area (Å²) < 4.78 is 18.1. The lowest BCUT2D eigenvalue weighted by molar-refractivity contribution is 0.0705. The number of benzene rings is 1. The highest BCUT2D eigenvalue weighted by Gasteiger charge is 2.26. The number of likely N-dealkylation sites (tertiary alicyclic amines) is 1. The molecule has 32 heavy (non-hydrogen) atoms. The van der Waals surface area contributed by atoms with Gasteiger partial charge in [-0.1, -0.05) is 0 Å². The van der Waals surface area contributed by atoms with E-state index in [2.05, 4.69) is 15.3 Å². The fourth-order valence-electron chi connectivity index (χ4n) is 3.73. The highest BCUT2D eigenvalue weighted by atomic mass is 19.1. The van der Waals surface area contributed by atoms with E-state index in [0.29, 0.717) is 35.8 Å². The average molecular weight is 434 g/mol. The number of carbonyl (C=O) groups is 2. The van der Waals surface area contributed by atoms with Crippen LogP contribution >= 0.6 is 0 Å². The maximum atomic E-state index is 13.0. The van der Waals surface area contributed by atoms with Crippen LogP contribution in [-0.4, -0.2) is 46.9 Å². The van der Waals surface area contributed by atoms with Crippen LogP contribution in [0.2, 0.25) is 0 Å². The normalized spacial score (nSPS) is 15.8. The molecule has 1 atom stereocenters. The van der Waals surface area contributed by atoms with Gasteiger partial charge in [0.1, 0.15) is 5.82 Å². The number of hydrogen-bond donors (Lipinski definition) is 1. The third-order valence-corrected chi connectivity index (χ3v) is 5.47. The highest BCUT2D eigenvalue weighted by molar-refractivity contribution is 6.04. The molecule has 0 spiro atoms. The van der Waals surface area contributed by atoms with Crippen molar-refractivity contribution in [3.63, 3.8) is 0 Å². The van der Waals surface area contributed by atoms with Gasteiger partial charge >= 0.3 is 0 Å². The molecule has 2 aromatic heterocycles. The monoisotopic (exact) mass is 434 g/mol. The van der Waals surface area contributed by atoms with Gasteiger partial charge in [0.15, 0.2) is 0 Å². The minimum atomic E-state index is -0.364. The molecule has 0 saturated carbocycles. The van der Waals surface area contributed by atoms with Gasteiger partial charge in [-0.15, -0.1) is 0 Å². The fourth-order valence-corrected chi connectivity index (χ4v) is 3.73. The Morgan fingerprint density at radius 1 is 1.03 bits per heavy atom. The van der Waals surface area contributed by atoms with E-state index in [1.165, 1.54) is 43.8 Å². The molecule has 1 aromatic carbocycles. The van der Waals surface area contributed by atoms with Crippen LogP contribution in [0, 0.1) is 5.82 Å². The SMILES string of the molecule is COc1ccc(C(=O)N2CCC[C@@H](c3ccc(C(=O)Nc4ccc(F)cc4)cn3)C2)cn1. The summed E-state index contributed by atoms with van der Waals surface area (Å²) >= 11 is 0. The number of carbonyl (C=O) groups excluding carboxylic acids is 2. The average Bonchev–Trinajstić information content (AvgIpc) is 2.85. The van der Waals surface area contributed by atoms with Crippen molar-refractivity contribution in [3.8, 4) is 5.88 Å². The van der Waals surface area contributed by atoms with Gasteiger partial charge in [-0.25, -0.2) is 9.37 Å². The van der Waals surface area contributed by atoms with Crippen LogP contribution < -0.4 is 10.1 Å². The van der Waals surface area contributed by atoms with Gasteiger partial charge in [0.25, 0.3) is 11.8 Å². The Balaban J connectivity index is 1.40. The van der Waals surface area contributed by atoms with E-state index in [4.69, 9.17) is 4.74 Å². The standard InChI is InChI=1S/C24H23FN4O3/c1-32-22-11-5-17(14-27-22)24(31)29-12-2-3-18(15-29)21-10-4-16(13-26-21)23(30)28-20-8-6-19(25)7-9-20/h4-11,13-14,18H,2-3,12,15H2,1H3,(H,28,30)/t18-/m1/s1. The lowest BCUT2D eigenvalue weighted by Gasteiger charge is -2.32. The number of nitrogens with one attached hydrogen (secondary N) is 1. The lowest BCUT2D eigenvalue weighted by Crippen LogP contribution is -2.39. The first-order valence-corrected chi connectivity index (χ1v) is 10.4. The molecule has 1 aliphatic rings. The number of nitrogens with zero attached hydrogens (tertiary/aromatic N) is 3. The van der Waals surface area contributed by atoms with E-state index in [9.17, 15) is 14.0 Å². The number of rotatable bonds is 5. The van der Waals surface area contributed by atoms with Crippen LogP contribution in [0.1, 0.15) is 45.2 Å². The number of ether oxygens (including phenoxy) is 1. The zero-order valence-electron chi connectivity index (χ0n) is 17.6. The molecule has 3 aromatic rings. The van der Waals surface area contributed by atoms with Gasteiger partial charge in [0.2, 0.25) is 5.88 Å². The van der Waals surface area contributed by atoms with Crippen LogP contribution in [0.15, 0.2) is 60.9 Å². The second-order valence-electron chi connectivity index (χ2n) is 7.61. The molecule has 1 saturated heterocycles. The molecule has 0 aliphatic carbocycles. The minimum absolute atomic E-state index is 0.0693. The Hall–Kier alpha value is -3.81. The number of amides is 2. The van der Waals surface area contributed by atoms with Crippen LogP contribution in [0.25, 0.3) is 0 Å². The Morgan fingerprint density at radius 3 is 2.44 bits per heavy atom. The molecule has 1 N–H and O–H groups in total. The Bertz CT molecular complexity index is 1090. The molecule has 4 rings (SSSR count). The highest BCUT2D eigenvalue weighted by Crippen LogP contribution is 2.27. The number of pyridine rings is 2. The number of aromatic nitrogens is 2. The first-order chi connectivity index (χ1) is 15.5. The Kier molecular flexibility index (Phi) is 6.39. The van der Waals surface area contributed by atoms with Crippen molar-refractivity contribution >= 4 is 17.5 Å². The molecule has 2 amide bonds. The molecular weight excluding hydrogens is 411 g/mol. The van der Waals surface area contributed by atoms with E-state index in [1.54, 1.807) is 18.2 Å². The van der Waals surface area contributed by atoms with E-state index >= 15 is 0 Å².